The normalized spacial score (nSPS) is 11.1. The number of aromatic nitrogens is 3. The van der Waals surface area contributed by atoms with Crippen molar-refractivity contribution in [3.8, 4) is 16.8 Å². The lowest BCUT2D eigenvalue weighted by molar-refractivity contribution is 1.08. The molecule has 2 aromatic heterocycles. The summed E-state index contributed by atoms with van der Waals surface area (Å²) in [5.74, 6) is 0. The molecule has 0 aliphatic carbocycles. The quantitative estimate of drug-likeness (QED) is 0.515. The molecule has 124 valence electrons. The molecular formula is C22H21N3. The van der Waals surface area contributed by atoms with Crippen LogP contribution in [0.25, 0.3) is 27.8 Å². The first-order valence-electron chi connectivity index (χ1n) is 8.80. The highest BCUT2D eigenvalue weighted by atomic mass is 15.0. The van der Waals surface area contributed by atoms with Crippen molar-refractivity contribution in [3.63, 3.8) is 0 Å². The average molecular weight is 327 g/mol. The van der Waals surface area contributed by atoms with Crippen LogP contribution in [0.15, 0.2) is 67.3 Å². The van der Waals surface area contributed by atoms with Gasteiger partial charge in [0.15, 0.2) is 0 Å². The van der Waals surface area contributed by atoms with Gasteiger partial charge in [-0.15, -0.1) is 0 Å². The van der Waals surface area contributed by atoms with Gasteiger partial charge in [0.2, 0.25) is 0 Å². The Balaban J connectivity index is 1.87. The van der Waals surface area contributed by atoms with Gasteiger partial charge >= 0.3 is 0 Å². The van der Waals surface area contributed by atoms with Crippen LogP contribution in [0.5, 0.6) is 0 Å². The van der Waals surface area contributed by atoms with E-state index in [4.69, 9.17) is 4.98 Å². The fourth-order valence-corrected chi connectivity index (χ4v) is 3.39. The van der Waals surface area contributed by atoms with Gasteiger partial charge in [0.25, 0.3) is 0 Å². The summed E-state index contributed by atoms with van der Waals surface area (Å²) in [5.41, 5.74) is 8.35. The van der Waals surface area contributed by atoms with Gasteiger partial charge in [-0.1, -0.05) is 38.1 Å². The number of hydrogen-bond acceptors (Lipinski definition) is 2. The highest BCUT2D eigenvalue weighted by molar-refractivity contribution is 5.88. The number of imidazole rings is 1. The molecule has 4 rings (SSSR count). The Morgan fingerprint density at radius 1 is 0.920 bits per heavy atom. The number of rotatable bonds is 4. The predicted octanol–water partition coefficient (Wildman–Crippen LogP) is 5.21. The van der Waals surface area contributed by atoms with Gasteiger partial charge in [-0.05, 0) is 53.8 Å². The Hall–Kier alpha value is -2.94. The monoisotopic (exact) mass is 327 g/mol. The van der Waals surface area contributed by atoms with Crippen LogP contribution in [0.1, 0.15) is 25.0 Å². The van der Waals surface area contributed by atoms with Gasteiger partial charge in [-0.3, -0.25) is 9.55 Å². The van der Waals surface area contributed by atoms with Crippen molar-refractivity contribution in [2.75, 3.05) is 0 Å². The Kier molecular flexibility index (Phi) is 4.06. The highest BCUT2D eigenvalue weighted by Gasteiger charge is 2.13. The molecule has 0 aliphatic heterocycles. The van der Waals surface area contributed by atoms with Crippen molar-refractivity contribution >= 4 is 11.0 Å². The molecule has 0 saturated carbocycles. The predicted molar refractivity (Wildman–Crippen MR) is 103 cm³/mol. The topological polar surface area (TPSA) is 30.7 Å². The highest BCUT2D eigenvalue weighted by Crippen LogP contribution is 2.30. The smallest absolute Gasteiger partial charge is 0.100 e. The molecule has 0 atom stereocenters. The second-order valence-electron chi connectivity index (χ2n) is 6.19. The fraction of sp³-hybridized carbons (Fsp3) is 0.182. The minimum absolute atomic E-state index is 0.938. The Bertz CT molecular complexity index is 999. The number of nitrogens with zero attached hydrogens (tertiary/aromatic N) is 3. The van der Waals surface area contributed by atoms with E-state index in [-0.39, 0.29) is 0 Å². The van der Waals surface area contributed by atoms with Gasteiger partial charge in [-0.2, -0.15) is 0 Å². The molecule has 0 spiro atoms. The summed E-state index contributed by atoms with van der Waals surface area (Å²) in [6.07, 6.45) is 7.65. The molecule has 0 N–H and O–H groups in total. The number of pyridine rings is 1. The molecule has 2 aromatic carbocycles. The maximum Gasteiger partial charge on any atom is 0.100 e. The lowest BCUT2D eigenvalue weighted by Gasteiger charge is -2.10. The van der Waals surface area contributed by atoms with Crippen molar-refractivity contribution in [1.29, 1.82) is 0 Å². The van der Waals surface area contributed by atoms with E-state index in [2.05, 4.69) is 65.9 Å². The zero-order valence-corrected chi connectivity index (χ0v) is 14.6. The number of benzene rings is 2. The standard InChI is InChI=1S/C22H21N3/c1-3-16-7-9-18(10-8-16)25-15-24-22-19(4-2)20(11-12-21(22)25)17-6-5-13-23-14-17/h5-15H,3-4H2,1-2H3. The molecule has 25 heavy (non-hydrogen) atoms. The number of fused-ring (bicyclic) bond motifs is 1. The molecule has 0 radical (unpaired) electrons. The summed E-state index contributed by atoms with van der Waals surface area (Å²) in [6, 6.07) is 17.1. The molecule has 3 nitrogen and oxygen atoms in total. The van der Waals surface area contributed by atoms with Crippen molar-refractivity contribution in [2.45, 2.75) is 26.7 Å². The van der Waals surface area contributed by atoms with Gasteiger partial charge in [-0.25, -0.2) is 4.98 Å². The minimum Gasteiger partial charge on any atom is -0.299 e. The van der Waals surface area contributed by atoms with E-state index in [0.717, 1.165) is 35.1 Å². The summed E-state index contributed by atoms with van der Waals surface area (Å²) in [6.45, 7) is 4.36. The first-order chi connectivity index (χ1) is 12.3. The lowest BCUT2D eigenvalue weighted by atomic mass is 9.98. The maximum absolute atomic E-state index is 4.74. The summed E-state index contributed by atoms with van der Waals surface area (Å²) < 4.78 is 2.17. The third kappa shape index (κ3) is 2.72. The first kappa shape index (κ1) is 15.6. The Labute approximate surface area is 148 Å². The van der Waals surface area contributed by atoms with E-state index in [0.29, 0.717) is 0 Å². The maximum atomic E-state index is 4.74. The van der Waals surface area contributed by atoms with Crippen molar-refractivity contribution in [3.05, 3.63) is 78.4 Å². The van der Waals surface area contributed by atoms with E-state index < -0.39 is 0 Å². The van der Waals surface area contributed by atoms with Crippen LogP contribution < -0.4 is 0 Å². The Morgan fingerprint density at radius 2 is 1.76 bits per heavy atom. The van der Waals surface area contributed by atoms with Crippen LogP contribution in [-0.4, -0.2) is 14.5 Å². The molecular weight excluding hydrogens is 306 g/mol. The van der Waals surface area contributed by atoms with Gasteiger partial charge in [0.05, 0.1) is 11.0 Å². The number of aryl methyl sites for hydroxylation is 2. The van der Waals surface area contributed by atoms with Crippen molar-refractivity contribution in [2.24, 2.45) is 0 Å². The molecule has 0 fully saturated rings. The third-order valence-corrected chi connectivity index (χ3v) is 4.77. The molecule has 0 aliphatic rings. The van der Waals surface area contributed by atoms with Crippen molar-refractivity contribution in [1.82, 2.24) is 14.5 Å². The zero-order valence-electron chi connectivity index (χ0n) is 14.6. The van der Waals surface area contributed by atoms with Gasteiger partial charge < -0.3 is 0 Å². The fourth-order valence-electron chi connectivity index (χ4n) is 3.39. The zero-order chi connectivity index (χ0) is 17.2. The molecule has 2 heterocycles. The van der Waals surface area contributed by atoms with Gasteiger partial charge in [0.1, 0.15) is 6.33 Å². The molecule has 0 bridgehead atoms. The SMILES string of the molecule is CCc1ccc(-n2cnc3c(CC)c(-c4cccnc4)ccc32)cc1. The van der Waals surface area contributed by atoms with Crippen LogP contribution in [0.2, 0.25) is 0 Å². The summed E-state index contributed by atoms with van der Waals surface area (Å²) in [5, 5.41) is 0. The van der Waals surface area contributed by atoms with Crippen LogP contribution in [0, 0.1) is 0 Å². The van der Waals surface area contributed by atoms with Crippen LogP contribution in [-0.2, 0) is 12.8 Å². The van der Waals surface area contributed by atoms with Crippen molar-refractivity contribution < 1.29 is 0 Å². The molecule has 0 saturated heterocycles. The second-order valence-corrected chi connectivity index (χ2v) is 6.19. The van der Waals surface area contributed by atoms with E-state index in [1.54, 1.807) is 0 Å². The van der Waals surface area contributed by atoms with Gasteiger partial charge in [0, 0.05) is 23.6 Å². The molecule has 0 unspecified atom stereocenters. The van der Waals surface area contributed by atoms with E-state index >= 15 is 0 Å². The minimum atomic E-state index is 0.938. The Morgan fingerprint density at radius 3 is 2.44 bits per heavy atom. The summed E-state index contributed by atoms with van der Waals surface area (Å²) in [7, 11) is 0. The number of hydrogen-bond donors (Lipinski definition) is 0. The second kappa shape index (κ2) is 6.52. The molecule has 4 aromatic rings. The largest absolute Gasteiger partial charge is 0.299 e. The average Bonchev–Trinajstić information content (AvgIpc) is 3.12. The third-order valence-electron chi connectivity index (χ3n) is 4.77. The first-order valence-corrected chi connectivity index (χ1v) is 8.80. The van der Waals surface area contributed by atoms with E-state index in [9.17, 15) is 0 Å². The van der Waals surface area contributed by atoms with Crippen LogP contribution >= 0.6 is 0 Å². The van der Waals surface area contributed by atoms with Crippen LogP contribution in [0.4, 0.5) is 0 Å². The molecule has 0 amide bonds. The summed E-state index contributed by atoms with van der Waals surface area (Å²) >= 11 is 0. The van der Waals surface area contributed by atoms with E-state index in [1.165, 1.54) is 16.7 Å². The van der Waals surface area contributed by atoms with E-state index in [1.807, 2.05) is 24.8 Å². The molecule has 3 heteroatoms. The lowest BCUT2D eigenvalue weighted by Crippen LogP contribution is -1.94. The van der Waals surface area contributed by atoms with Crippen LogP contribution in [0.3, 0.4) is 0 Å². The summed E-state index contributed by atoms with van der Waals surface area (Å²) in [4.78, 5) is 9.00.